The molecule has 0 radical (unpaired) electrons. The van der Waals surface area contributed by atoms with E-state index in [0.717, 1.165) is 29.1 Å². The second kappa shape index (κ2) is 11.6. The number of aromatic nitrogens is 2. The molecule has 6 nitrogen and oxygen atoms in total. The summed E-state index contributed by atoms with van der Waals surface area (Å²) >= 11 is 0. The van der Waals surface area contributed by atoms with Gasteiger partial charge < -0.3 is 14.6 Å². The summed E-state index contributed by atoms with van der Waals surface area (Å²) in [6.07, 6.45) is 0.379. The molecule has 0 aliphatic heterocycles. The molecule has 0 saturated carbocycles. The summed E-state index contributed by atoms with van der Waals surface area (Å²) in [7, 11) is 0. The number of rotatable bonds is 11. The second-order valence-electron chi connectivity index (χ2n) is 9.80. The Morgan fingerprint density at radius 3 is 2.24 bits per heavy atom. The van der Waals surface area contributed by atoms with Crippen molar-refractivity contribution in [2.24, 2.45) is 0 Å². The molecule has 2 aromatic carbocycles. The van der Waals surface area contributed by atoms with Crippen molar-refractivity contribution in [2.45, 2.75) is 72.3 Å². The number of para-hydroxylation sites is 2. The molecule has 0 spiro atoms. The minimum atomic E-state index is -0.587. The van der Waals surface area contributed by atoms with Crippen molar-refractivity contribution in [3.63, 3.8) is 0 Å². The molecule has 1 N–H and O–H groups in total. The number of ether oxygens (including phenoxy) is 2. The highest BCUT2D eigenvalue weighted by molar-refractivity contribution is 5.43. The molecule has 1 heterocycles. The Hall–Kier alpha value is -2.67. The molecular weight excluding hydrogens is 426 g/mol. The van der Waals surface area contributed by atoms with Crippen LogP contribution in [0.25, 0.3) is 5.69 Å². The lowest BCUT2D eigenvalue weighted by Gasteiger charge is -2.31. The lowest BCUT2D eigenvalue weighted by molar-refractivity contribution is -0.0593. The number of aliphatic hydroxyl groups is 1. The maximum Gasteiger partial charge on any atom is 0.227 e. The average Bonchev–Trinajstić information content (AvgIpc) is 3.12. The fraction of sp³-hybridized carbons (Fsp3) is 0.464. The third kappa shape index (κ3) is 7.16. The molecule has 3 aromatic rings. The molecule has 0 aliphatic rings. The maximum atomic E-state index is 10.7. The molecule has 1 aromatic heterocycles. The van der Waals surface area contributed by atoms with Crippen molar-refractivity contribution in [1.82, 2.24) is 14.7 Å². The van der Waals surface area contributed by atoms with Crippen molar-refractivity contribution in [2.75, 3.05) is 13.2 Å². The second-order valence-corrected chi connectivity index (χ2v) is 9.80. The smallest absolute Gasteiger partial charge is 0.227 e. The highest BCUT2D eigenvalue weighted by atomic mass is 16.5. The summed E-state index contributed by atoms with van der Waals surface area (Å²) < 4.78 is 14.1. The van der Waals surface area contributed by atoms with Crippen molar-refractivity contribution >= 4 is 0 Å². The topological polar surface area (TPSA) is 59.8 Å². The number of nitrogens with zero attached hydrogens (tertiary/aromatic N) is 3. The van der Waals surface area contributed by atoms with E-state index in [0.29, 0.717) is 25.6 Å². The Morgan fingerprint density at radius 2 is 1.65 bits per heavy atom. The number of hydrogen-bond acceptors (Lipinski definition) is 5. The van der Waals surface area contributed by atoms with Gasteiger partial charge in [-0.3, -0.25) is 4.90 Å². The lowest BCUT2D eigenvalue weighted by atomic mass is 10.1. The zero-order valence-corrected chi connectivity index (χ0v) is 21.4. The van der Waals surface area contributed by atoms with Gasteiger partial charge in [-0.25, -0.2) is 4.68 Å². The van der Waals surface area contributed by atoms with E-state index in [-0.39, 0.29) is 11.6 Å². The standard InChI is InChI=1S/C28H39N3O3/c1-7-21(2)30(18-24(32)20-33-28(4,5)6)19-26-22(3)29-31(23-14-10-8-11-15-23)27(26)34-25-16-12-9-13-17-25/h8-17,21,24,32H,7,18-20H2,1-6H3/t21-,24-/m0/s1. The van der Waals surface area contributed by atoms with Crippen LogP contribution in [0.3, 0.4) is 0 Å². The first kappa shape index (κ1) is 25.9. The van der Waals surface area contributed by atoms with Gasteiger partial charge in [0.25, 0.3) is 0 Å². The van der Waals surface area contributed by atoms with E-state index in [1.165, 1.54) is 0 Å². The Bertz CT molecular complexity index is 1010. The Morgan fingerprint density at radius 1 is 1.03 bits per heavy atom. The van der Waals surface area contributed by atoms with Crippen LogP contribution in [0.2, 0.25) is 0 Å². The number of benzene rings is 2. The van der Waals surface area contributed by atoms with Gasteiger partial charge >= 0.3 is 0 Å². The Kier molecular flexibility index (Phi) is 8.89. The summed E-state index contributed by atoms with van der Waals surface area (Å²) in [5.41, 5.74) is 2.57. The SMILES string of the molecule is CC[C@H](C)N(Cc1c(C)nn(-c2ccccc2)c1Oc1ccccc1)C[C@H](O)COC(C)(C)C. The quantitative estimate of drug-likeness (QED) is 0.391. The molecule has 0 fully saturated rings. The van der Waals surface area contributed by atoms with Crippen molar-refractivity contribution in [1.29, 1.82) is 0 Å². The van der Waals surface area contributed by atoms with Gasteiger partial charge in [-0.05, 0) is 65.3 Å². The van der Waals surface area contributed by atoms with E-state index in [9.17, 15) is 5.11 Å². The van der Waals surface area contributed by atoms with Gasteiger partial charge in [0, 0.05) is 19.1 Å². The molecule has 6 heteroatoms. The molecule has 0 amide bonds. The van der Waals surface area contributed by atoms with E-state index < -0.39 is 6.10 Å². The predicted molar refractivity (Wildman–Crippen MR) is 137 cm³/mol. The van der Waals surface area contributed by atoms with Crippen LogP contribution in [0.15, 0.2) is 60.7 Å². The zero-order valence-electron chi connectivity index (χ0n) is 21.4. The van der Waals surface area contributed by atoms with Crippen molar-refractivity contribution < 1.29 is 14.6 Å². The van der Waals surface area contributed by atoms with Gasteiger partial charge in [-0.2, -0.15) is 5.10 Å². The van der Waals surface area contributed by atoms with Gasteiger partial charge in [0.2, 0.25) is 5.88 Å². The minimum absolute atomic E-state index is 0.272. The first-order valence-corrected chi connectivity index (χ1v) is 12.1. The van der Waals surface area contributed by atoms with E-state index in [1.807, 2.05) is 93.0 Å². The minimum Gasteiger partial charge on any atom is -0.439 e. The van der Waals surface area contributed by atoms with Crippen LogP contribution in [0.5, 0.6) is 11.6 Å². The van der Waals surface area contributed by atoms with Gasteiger partial charge in [0.1, 0.15) is 5.75 Å². The molecule has 2 atom stereocenters. The van der Waals surface area contributed by atoms with Crippen LogP contribution in [0.1, 0.15) is 52.3 Å². The highest BCUT2D eigenvalue weighted by Gasteiger charge is 2.25. The first-order valence-electron chi connectivity index (χ1n) is 12.1. The number of hydrogen-bond donors (Lipinski definition) is 1. The van der Waals surface area contributed by atoms with Crippen molar-refractivity contribution in [3.05, 3.63) is 71.9 Å². The Labute approximate surface area is 204 Å². The van der Waals surface area contributed by atoms with E-state index in [2.05, 4.69) is 18.7 Å². The summed E-state index contributed by atoms with van der Waals surface area (Å²) in [5, 5.41) is 15.6. The first-order chi connectivity index (χ1) is 16.2. The highest BCUT2D eigenvalue weighted by Crippen LogP contribution is 2.32. The van der Waals surface area contributed by atoms with Crippen LogP contribution < -0.4 is 4.74 Å². The molecule has 0 aliphatic carbocycles. The van der Waals surface area contributed by atoms with Crippen LogP contribution in [-0.4, -0.2) is 50.7 Å². The van der Waals surface area contributed by atoms with E-state index in [4.69, 9.17) is 14.6 Å². The molecule has 34 heavy (non-hydrogen) atoms. The number of aryl methyl sites for hydroxylation is 1. The Balaban J connectivity index is 1.93. The summed E-state index contributed by atoms with van der Waals surface area (Å²) in [5.74, 6) is 1.46. The monoisotopic (exact) mass is 465 g/mol. The largest absolute Gasteiger partial charge is 0.439 e. The van der Waals surface area contributed by atoms with E-state index in [1.54, 1.807) is 0 Å². The van der Waals surface area contributed by atoms with Crippen LogP contribution in [-0.2, 0) is 11.3 Å². The molecule has 184 valence electrons. The van der Waals surface area contributed by atoms with Crippen molar-refractivity contribution in [3.8, 4) is 17.3 Å². The molecule has 0 bridgehead atoms. The summed E-state index contributed by atoms with van der Waals surface area (Å²) in [6, 6.07) is 20.1. The molecule has 0 unspecified atom stereocenters. The zero-order chi connectivity index (χ0) is 24.7. The molecule has 3 rings (SSSR count). The van der Waals surface area contributed by atoms with Gasteiger partial charge in [-0.1, -0.05) is 43.3 Å². The average molecular weight is 466 g/mol. The van der Waals surface area contributed by atoms with Gasteiger partial charge in [-0.15, -0.1) is 0 Å². The third-order valence-electron chi connectivity index (χ3n) is 5.83. The fourth-order valence-corrected chi connectivity index (χ4v) is 3.70. The maximum absolute atomic E-state index is 10.7. The summed E-state index contributed by atoms with van der Waals surface area (Å²) in [6.45, 7) is 13.8. The van der Waals surface area contributed by atoms with Gasteiger partial charge in [0.05, 0.1) is 35.3 Å². The van der Waals surface area contributed by atoms with E-state index >= 15 is 0 Å². The van der Waals surface area contributed by atoms with Gasteiger partial charge in [0.15, 0.2) is 0 Å². The number of aliphatic hydroxyl groups excluding tert-OH is 1. The summed E-state index contributed by atoms with van der Waals surface area (Å²) in [4.78, 5) is 2.29. The predicted octanol–water partition coefficient (Wildman–Crippen LogP) is 5.75. The van der Waals surface area contributed by atoms with Crippen LogP contribution in [0.4, 0.5) is 0 Å². The third-order valence-corrected chi connectivity index (χ3v) is 5.83. The van der Waals surface area contributed by atoms with Crippen LogP contribution >= 0.6 is 0 Å². The molecule has 0 saturated heterocycles. The normalized spacial score (nSPS) is 13.8. The molecular formula is C28H39N3O3. The van der Waals surface area contributed by atoms with Crippen LogP contribution in [0, 0.1) is 6.92 Å². The lowest BCUT2D eigenvalue weighted by Crippen LogP contribution is -2.41. The fourth-order valence-electron chi connectivity index (χ4n) is 3.70.